The van der Waals surface area contributed by atoms with Crippen LogP contribution in [0.25, 0.3) is 0 Å². The summed E-state index contributed by atoms with van der Waals surface area (Å²) < 4.78 is 10.4. The molecule has 1 heterocycles. The van der Waals surface area contributed by atoms with E-state index in [1.165, 1.54) is 12.5 Å². The molecular weight excluding hydrogens is 270 g/mol. The molecule has 0 aromatic heterocycles. The zero-order chi connectivity index (χ0) is 16.0. The third kappa shape index (κ3) is 7.16. The Bertz CT molecular complexity index is 409. The minimum atomic E-state index is -0.472. The lowest BCUT2D eigenvalue weighted by Gasteiger charge is -2.27. The molecule has 0 aliphatic carbocycles. The summed E-state index contributed by atoms with van der Waals surface area (Å²) in [4.78, 5) is 24.7. The minimum Gasteiger partial charge on any atom is -0.462 e. The first-order valence-electron chi connectivity index (χ1n) is 7.46. The molecule has 1 fully saturated rings. The van der Waals surface area contributed by atoms with Gasteiger partial charge in [-0.15, -0.1) is 0 Å². The van der Waals surface area contributed by atoms with Crippen LogP contribution in [0.15, 0.2) is 11.6 Å². The maximum atomic E-state index is 12.1. The van der Waals surface area contributed by atoms with Crippen molar-refractivity contribution >= 4 is 12.1 Å². The maximum absolute atomic E-state index is 12.1. The fourth-order valence-corrected chi connectivity index (χ4v) is 2.31. The van der Waals surface area contributed by atoms with Gasteiger partial charge in [-0.3, -0.25) is 4.79 Å². The average molecular weight is 297 g/mol. The first kappa shape index (κ1) is 17.5. The first-order chi connectivity index (χ1) is 9.67. The van der Waals surface area contributed by atoms with Gasteiger partial charge in [-0.2, -0.15) is 0 Å². The van der Waals surface area contributed by atoms with Gasteiger partial charge in [0.05, 0.1) is 0 Å². The van der Waals surface area contributed by atoms with Crippen molar-refractivity contribution in [3.63, 3.8) is 0 Å². The van der Waals surface area contributed by atoms with Crippen molar-refractivity contribution in [1.82, 2.24) is 4.90 Å². The fourth-order valence-electron chi connectivity index (χ4n) is 2.31. The Morgan fingerprint density at radius 1 is 1.38 bits per heavy atom. The summed E-state index contributed by atoms with van der Waals surface area (Å²) in [5.74, 6) is 0.0903. The Kier molecular flexibility index (Phi) is 6.24. The number of hydrogen-bond donors (Lipinski definition) is 0. The molecule has 0 aromatic carbocycles. The van der Waals surface area contributed by atoms with E-state index < -0.39 is 5.60 Å². The number of hydrogen-bond acceptors (Lipinski definition) is 4. The number of carbonyl (C=O) groups is 2. The number of nitrogens with zero attached hydrogens (tertiary/aromatic N) is 1. The van der Waals surface area contributed by atoms with Gasteiger partial charge in [0, 0.05) is 20.0 Å². The summed E-state index contributed by atoms with van der Waals surface area (Å²) in [5.41, 5.74) is 0.760. The van der Waals surface area contributed by atoms with Gasteiger partial charge in [-0.1, -0.05) is 12.5 Å². The summed E-state index contributed by atoms with van der Waals surface area (Å²) in [6.07, 6.45) is 3.41. The summed E-state index contributed by atoms with van der Waals surface area (Å²) >= 11 is 0. The average Bonchev–Trinajstić information content (AvgIpc) is 2.48. The van der Waals surface area contributed by atoms with Crippen LogP contribution in [-0.4, -0.2) is 42.3 Å². The number of esters is 1. The molecule has 5 heteroatoms. The van der Waals surface area contributed by atoms with Gasteiger partial charge in [0.1, 0.15) is 12.2 Å². The van der Waals surface area contributed by atoms with E-state index in [9.17, 15) is 9.59 Å². The number of likely N-dealkylation sites (tertiary alicyclic amines) is 1. The van der Waals surface area contributed by atoms with Crippen LogP contribution in [0.1, 0.15) is 47.5 Å². The molecule has 120 valence electrons. The van der Waals surface area contributed by atoms with Gasteiger partial charge in [-0.25, -0.2) is 4.79 Å². The van der Waals surface area contributed by atoms with E-state index >= 15 is 0 Å². The molecule has 1 atom stereocenters. The second kappa shape index (κ2) is 7.48. The molecule has 1 amide bonds. The third-order valence-electron chi connectivity index (χ3n) is 3.16. The second-order valence-electron chi connectivity index (χ2n) is 6.65. The molecule has 0 radical (unpaired) electrons. The SMILES string of the molecule is CC(=O)OC/C=C1/CCN(C(=O)OC(C)(C)C)CC(C)C1. The molecule has 21 heavy (non-hydrogen) atoms. The van der Waals surface area contributed by atoms with Crippen molar-refractivity contribution in [3.8, 4) is 0 Å². The highest BCUT2D eigenvalue weighted by Gasteiger charge is 2.25. The normalized spacial score (nSPS) is 21.9. The Labute approximate surface area is 127 Å². The van der Waals surface area contributed by atoms with Crippen molar-refractivity contribution in [1.29, 1.82) is 0 Å². The van der Waals surface area contributed by atoms with Crippen LogP contribution in [-0.2, 0) is 14.3 Å². The van der Waals surface area contributed by atoms with E-state index in [-0.39, 0.29) is 12.1 Å². The zero-order valence-corrected chi connectivity index (χ0v) is 13.8. The highest BCUT2D eigenvalue weighted by molar-refractivity contribution is 5.68. The van der Waals surface area contributed by atoms with Gasteiger partial charge in [-0.05, 0) is 45.6 Å². The molecule has 1 saturated heterocycles. The Morgan fingerprint density at radius 2 is 2.05 bits per heavy atom. The molecule has 1 unspecified atom stereocenters. The van der Waals surface area contributed by atoms with Crippen LogP contribution in [0.2, 0.25) is 0 Å². The van der Waals surface area contributed by atoms with Crippen LogP contribution < -0.4 is 0 Å². The summed E-state index contributed by atoms with van der Waals surface area (Å²) in [7, 11) is 0. The number of ether oxygens (including phenoxy) is 2. The minimum absolute atomic E-state index is 0.254. The van der Waals surface area contributed by atoms with Crippen LogP contribution in [0.3, 0.4) is 0 Å². The maximum Gasteiger partial charge on any atom is 0.410 e. The molecule has 0 spiro atoms. The van der Waals surface area contributed by atoms with E-state index in [0.717, 1.165) is 12.8 Å². The molecule has 0 N–H and O–H groups in total. The van der Waals surface area contributed by atoms with E-state index in [2.05, 4.69) is 6.92 Å². The standard InChI is InChI=1S/C16H27NO4/c1-12-10-14(7-9-20-13(2)18)6-8-17(11-12)15(19)21-16(3,4)5/h7,12H,6,8-11H2,1-5H3/b14-7-. The molecule has 1 aliphatic rings. The summed E-state index contributed by atoms with van der Waals surface area (Å²) in [6, 6.07) is 0. The third-order valence-corrected chi connectivity index (χ3v) is 3.16. The molecule has 5 nitrogen and oxygen atoms in total. The monoisotopic (exact) mass is 297 g/mol. The Morgan fingerprint density at radius 3 is 2.62 bits per heavy atom. The van der Waals surface area contributed by atoms with Crippen molar-refractivity contribution < 1.29 is 19.1 Å². The van der Waals surface area contributed by atoms with Crippen molar-refractivity contribution in [2.45, 2.75) is 53.1 Å². The molecular formula is C16H27NO4. The fraction of sp³-hybridized carbons (Fsp3) is 0.750. The Hall–Kier alpha value is -1.52. The van der Waals surface area contributed by atoms with Crippen LogP contribution in [0, 0.1) is 5.92 Å². The second-order valence-corrected chi connectivity index (χ2v) is 6.65. The van der Waals surface area contributed by atoms with Crippen molar-refractivity contribution in [2.24, 2.45) is 5.92 Å². The lowest BCUT2D eigenvalue weighted by atomic mass is 10.0. The van der Waals surface area contributed by atoms with E-state index in [1.54, 1.807) is 4.90 Å². The lowest BCUT2D eigenvalue weighted by Crippen LogP contribution is -2.38. The topological polar surface area (TPSA) is 55.8 Å². The Balaban J connectivity index is 2.59. The van der Waals surface area contributed by atoms with Gasteiger partial charge in [0.25, 0.3) is 0 Å². The van der Waals surface area contributed by atoms with Gasteiger partial charge in [0.2, 0.25) is 0 Å². The molecule has 0 bridgehead atoms. The van der Waals surface area contributed by atoms with Gasteiger partial charge < -0.3 is 14.4 Å². The molecule has 0 saturated carbocycles. The van der Waals surface area contributed by atoms with E-state index in [4.69, 9.17) is 9.47 Å². The molecule has 1 rings (SSSR count). The highest BCUT2D eigenvalue weighted by atomic mass is 16.6. The van der Waals surface area contributed by atoms with Gasteiger partial charge in [0.15, 0.2) is 0 Å². The lowest BCUT2D eigenvalue weighted by molar-refractivity contribution is -0.139. The number of carbonyl (C=O) groups excluding carboxylic acids is 2. The smallest absolute Gasteiger partial charge is 0.410 e. The predicted molar refractivity (Wildman–Crippen MR) is 80.9 cm³/mol. The van der Waals surface area contributed by atoms with Crippen molar-refractivity contribution in [3.05, 3.63) is 11.6 Å². The quantitative estimate of drug-likeness (QED) is 0.580. The van der Waals surface area contributed by atoms with E-state index in [1.807, 2.05) is 26.8 Å². The zero-order valence-electron chi connectivity index (χ0n) is 13.8. The summed E-state index contributed by atoms with van der Waals surface area (Å²) in [6.45, 7) is 10.8. The van der Waals surface area contributed by atoms with Crippen LogP contribution in [0.4, 0.5) is 4.79 Å². The predicted octanol–water partition coefficient (Wildman–Crippen LogP) is 3.14. The number of amides is 1. The molecule has 1 aliphatic heterocycles. The van der Waals surface area contributed by atoms with Crippen LogP contribution in [0.5, 0.6) is 0 Å². The van der Waals surface area contributed by atoms with Gasteiger partial charge >= 0.3 is 12.1 Å². The number of rotatable bonds is 2. The van der Waals surface area contributed by atoms with Crippen molar-refractivity contribution in [2.75, 3.05) is 19.7 Å². The largest absolute Gasteiger partial charge is 0.462 e. The first-order valence-corrected chi connectivity index (χ1v) is 7.46. The highest BCUT2D eigenvalue weighted by Crippen LogP contribution is 2.22. The summed E-state index contributed by atoms with van der Waals surface area (Å²) in [5, 5.41) is 0. The molecule has 0 aromatic rings. The van der Waals surface area contributed by atoms with E-state index in [0.29, 0.717) is 25.6 Å². The van der Waals surface area contributed by atoms with Crippen LogP contribution >= 0.6 is 0 Å².